The number of thiazole rings is 1. The molecule has 8 nitrogen and oxygen atoms in total. The van der Waals surface area contributed by atoms with E-state index >= 15 is 0 Å². The van der Waals surface area contributed by atoms with Gasteiger partial charge in [0.25, 0.3) is 0 Å². The molecule has 1 amide bonds. The van der Waals surface area contributed by atoms with E-state index in [4.69, 9.17) is 11.6 Å². The Kier molecular flexibility index (Phi) is 5.09. The van der Waals surface area contributed by atoms with Crippen molar-refractivity contribution in [3.8, 4) is 0 Å². The topological polar surface area (TPSA) is 88.3 Å². The van der Waals surface area contributed by atoms with Crippen LogP contribution in [0.1, 0.15) is 5.56 Å². The molecule has 3 aromatic heterocycles. The Balaban J connectivity index is 1.51. The maximum Gasteiger partial charge on any atom is 0.234 e. The third kappa shape index (κ3) is 3.62. The molecule has 0 fully saturated rings. The maximum absolute atomic E-state index is 12.3. The number of anilines is 2. The number of benzene rings is 1. The molecule has 0 spiro atoms. The molecule has 0 atom stereocenters. The third-order valence-corrected chi connectivity index (χ3v) is 6.49. The molecular weight excluding hydrogens is 418 g/mol. The first-order valence-electron chi connectivity index (χ1n) is 8.29. The van der Waals surface area contributed by atoms with Gasteiger partial charge in [-0.25, -0.2) is 4.98 Å². The van der Waals surface area contributed by atoms with Crippen LogP contribution in [0.4, 0.5) is 10.8 Å². The molecule has 0 saturated heterocycles. The number of carbonyl (C=O) groups is 1. The van der Waals surface area contributed by atoms with Gasteiger partial charge in [0.1, 0.15) is 11.0 Å². The molecule has 144 valence electrons. The SMILES string of the molecule is Cc1ccc(NC(=O)CSc2nnc3c4sc(N(C)C)nc4ncn23)cc1Cl. The van der Waals surface area contributed by atoms with Crippen molar-refractivity contribution in [1.29, 1.82) is 0 Å². The lowest BCUT2D eigenvalue weighted by Gasteiger charge is -2.06. The van der Waals surface area contributed by atoms with Gasteiger partial charge in [0.2, 0.25) is 5.91 Å². The van der Waals surface area contributed by atoms with Crippen molar-refractivity contribution in [1.82, 2.24) is 24.6 Å². The van der Waals surface area contributed by atoms with Gasteiger partial charge in [-0.05, 0) is 24.6 Å². The summed E-state index contributed by atoms with van der Waals surface area (Å²) in [6.45, 7) is 1.91. The number of amides is 1. The van der Waals surface area contributed by atoms with Gasteiger partial charge in [-0.15, -0.1) is 10.2 Å². The van der Waals surface area contributed by atoms with E-state index in [1.165, 1.54) is 23.1 Å². The highest BCUT2D eigenvalue weighted by molar-refractivity contribution is 7.99. The second-order valence-electron chi connectivity index (χ2n) is 6.27. The third-order valence-electron chi connectivity index (χ3n) is 3.93. The van der Waals surface area contributed by atoms with Crippen LogP contribution in [0.3, 0.4) is 0 Å². The molecule has 4 aromatic rings. The zero-order chi connectivity index (χ0) is 19.8. The summed E-state index contributed by atoms with van der Waals surface area (Å²) in [6.07, 6.45) is 1.64. The molecule has 0 unspecified atom stereocenters. The number of hydrogen-bond donors (Lipinski definition) is 1. The van der Waals surface area contributed by atoms with Gasteiger partial charge in [-0.3, -0.25) is 9.20 Å². The van der Waals surface area contributed by atoms with E-state index in [0.29, 0.717) is 27.2 Å². The van der Waals surface area contributed by atoms with E-state index in [-0.39, 0.29) is 11.7 Å². The Hall–Kier alpha value is -2.43. The molecule has 0 radical (unpaired) electrons. The number of nitrogens with zero attached hydrogens (tertiary/aromatic N) is 6. The molecule has 0 saturated carbocycles. The van der Waals surface area contributed by atoms with Crippen LogP contribution in [-0.4, -0.2) is 50.3 Å². The van der Waals surface area contributed by atoms with Crippen molar-refractivity contribution in [2.24, 2.45) is 0 Å². The molecule has 28 heavy (non-hydrogen) atoms. The minimum Gasteiger partial charge on any atom is -0.354 e. The van der Waals surface area contributed by atoms with Crippen LogP contribution in [0.2, 0.25) is 5.02 Å². The van der Waals surface area contributed by atoms with E-state index in [0.717, 1.165) is 15.4 Å². The number of hydrogen-bond acceptors (Lipinski definition) is 8. The zero-order valence-corrected chi connectivity index (χ0v) is 17.7. The Morgan fingerprint density at radius 1 is 1.36 bits per heavy atom. The number of halogens is 1. The fourth-order valence-electron chi connectivity index (χ4n) is 2.47. The summed E-state index contributed by atoms with van der Waals surface area (Å²) in [5.41, 5.74) is 2.95. The highest BCUT2D eigenvalue weighted by Crippen LogP contribution is 2.30. The van der Waals surface area contributed by atoms with Crippen LogP contribution in [-0.2, 0) is 4.79 Å². The molecule has 3 heterocycles. The first kappa shape index (κ1) is 18.9. The van der Waals surface area contributed by atoms with Crippen molar-refractivity contribution in [3.63, 3.8) is 0 Å². The van der Waals surface area contributed by atoms with Gasteiger partial charge in [0.05, 0.1) is 5.75 Å². The number of fused-ring (bicyclic) bond motifs is 3. The number of rotatable bonds is 5. The summed E-state index contributed by atoms with van der Waals surface area (Å²) in [5, 5.41) is 13.4. The number of aryl methyl sites for hydroxylation is 1. The quantitative estimate of drug-likeness (QED) is 0.482. The van der Waals surface area contributed by atoms with Gasteiger partial charge in [-0.1, -0.05) is 40.8 Å². The number of nitrogens with one attached hydrogen (secondary N) is 1. The summed E-state index contributed by atoms with van der Waals surface area (Å²) in [6, 6.07) is 5.42. The van der Waals surface area contributed by atoms with E-state index in [9.17, 15) is 4.79 Å². The summed E-state index contributed by atoms with van der Waals surface area (Å²) in [7, 11) is 3.86. The summed E-state index contributed by atoms with van der Waals surface area (Å²) in [4.78, 5) is 23.1. The van der Waals surface area contributed by atoms with E-state index in [2.05, 4.69) is 25.5 Å². The fourth-order valence-corrected chi connectivity index (χ4v) is 4.27. The van der Waals surface area contributed by atoms with Crippen molar-refractivity contribution < 1.29 is 4.79 Å². The van der Waals surface area contributed by atoms with Crippen molar-refractivity contribution in [3.05, 3.63) is 35.1 Å². The first-order valence-corrected chi connectivity index (χ1v) is 10.5. The lowest BCUT2D eigenvalue weighted by Crippen LogP contribution is -2.14. The second-order valence-corrected chi connectivity index (χ2v) is 8.59. The average Bonchev–Trinajstić information content (AvgIpc) is 3.26. The molecule has 0 aliphatic rings. The van der Waals surface area contributed by atoms with Crippen LogP contribution in [0.25, 0.3) is 16.0 Å². The van der Waals surface area contributed by atoms with Gasteiger partial charge in [0.15, 0.2) is 21.6 Å². The van der Waals surface area contributed by atoms with Crippen molar-refractivity contribution >= 4 is 67.4 Å². The van der Waals surface area contributed by atoms with E-state index in [1.807, 2.05) is 38.1 Å². The summed E-state index contributed by atoms with van der Waals surface area (Å²) >= 11 is 8.89. The monoisotopic (exact) mass is 433 g/mol. The zero-order valence-electron chi connectivity index (χ0n) is 15.3. The van der Waals surface area contributed by atoms with Gasteiger partial charge in [-0.2, -0.15) is 4.98 Å². The standard InChI is InChI=1S/C17H16ClN7OS2/c1-9-4-5-10(6-11(9)18)20-12(26)7-27-17-23-22-15-13-14(19-8-25(15)17)21-16(28-13)24(2)3/h4-6,8H,7H2,1-3H3,(H,20,26). The first-order chi connectivity index (χ1) is 13.4. The fraction of sp³-hybridized carbons (Fsp3) is 0.235. The van der Waals surface area contributed by atoms with Crippen LogP contribution in [0.15, 0.2) is 29.7 Å². The number of thioether (sulfide) groups is 1. The molecule has 1 N–H and O–H groups in total. The lowest BCUT2D eigenvalue weighted by atomic mass is 10.2. The van der Waals surface area contributed by atoms with E-state index in [1.54, 1.807) is 16.8 Å². The van der Waals surface area contributed by atoms with Crippen molar-refractivity contribution in [2.45, 2.75) is 12.1 Å². The van der Waals surface area contributed by atoms with Gasteiger partial charge < -0.3 is 10.2 Å². The minimum absolute atomic E-state index is 0.150. The lowest BCUT2D eigenvalue weighted by molar-refractivity contribution is -0.113. The Bertz CT molecular complexity index is 1190. The summed E-state index contributed by atoms with van der Waals surface area (Å²) < 4.78 is 2.64. The van der Waals surface area contributed by atoms with Gasteiger partial charge >= 0.3 is 0 Å². The second kappa shape index (κ2) is 7.53. The van der Waals surface area contributed by atoms with Crippen LogP contribution >= 0.6 is 34.7 Å². The highest BCUT2D eigenvalue weighted by atomic mass is 35.5. The van der Waals surface area contributed by atoms with E-state index < -0.39 is 0 Å². The minimum atomic E-state index is -0.150. The molecule has 11 heteroatoms. The normalized spacial score (nSPS) is 11.3. The maximum atomic E-state index is 12.3. The Labute approximate surface area is 173 Å². The summed E-state index contributed by atoms with van der Waals surface area (Å²) in [5.74, 6) is 0.0408. The number of aromatic nitrogens is 5. The Morgan fingerprint density at radius 2 is 2.18 bits per heavy atom. The van der Waals surface area contributed by atoms with Crippen molar-refractivity contribution in [2.75, 3.05) is 30.1 Å². The Morgan fingerprint density at radius 3 is 2.93 bits per heavy atom. The predicted octanol–water partition coefficient (Wildman–Crippen LogP) is 3.49. The highest BCUT2D eigenvalue weighted by Gasteiger charge is 2.16. The van der Waals surface area contributed by atoms with Crippen LogP contribution in [0, 0.1) is 6.92 Å². The molecule has 0 bridgehead atoms. The van der Waals surface area contributed by atoms with Crippen LogP contribution < -0.4 is 10.2 Å². The number of carbonyl (C=O) groups excluding carboxylic acids is 1. The molecular formula is C17H16ClN7OS2. The average molecular weight is 434 g/mol. The van der Waals surface area contributed by atoms with Gasteiger partial charge in [0, 0.05) is 24.8 Å². The molecule has 1 aromatic carbocycles. The largest absolute Gasteiger partial charge is 0.354 e. The molecule has 0 aliphatic heterocycles. The van der Waals surface area contributed by atoms with Crippen LogP contribution in [0.5, 0.6) is 0 Å². The molecule has 0 aliphatic carbocycles. The smallest absolute Gasteiger partial charge is 0.234 e. The predicted molar refractivity (Wildman–Crippen MR) is 114 cm³/mol. The molecule has 4 rings (SSSR count).